The van der Waals surface area contributed by atoms with Gasteiger partial charge in [-0.15, -0.1) is 0 Å². The lowest BCUT2D eigenvalue weighted by Gasteiger charge is -2.21. The van der Waals surface area contributed by atoms with Crippen molar-refractivity contribution in [2.45, 2.75) is 13.0 Å². The molecule has 0 spiro atoms. The van der Waals surface area contributed by atoms with Crippen LogP contribution in [-0.2, 0) is 13.0 Å². The second-order valence-electron chi connectivity index (χ2n) is 6.58. The lowest BCUT2D eigenvalue weighted by atomic mass is 10.2. The summed E-state index contributed by atoms with van der Waals surface area (Å²) in [5.74, 6) is 1.71. The molecule has 0 aliphatic carbocycles. The SMILES string of the molecule is CN(CCc1ccccn1)c1ncccc1CNc1cnc2ccccc2n1. The van der Waals surface area contributed by atoms with E-state index in [4.69, 9.17) is 0 Å². The molecular formula is C22H22N6. The Balaban J connectivity index is 1.44. The van der Waals surface area contributed by atoms with Gasteiger partial charge in [0.2, 0.25) is 0 Å². The van der Waals surface area contributed by atoms with Crippen molar-refractivity contribution >= 4 is 22.7 Å². The van der Waals surface area contributed by atoms with Gasteiger partial charge in [0.05, 0.1) is 17.2 Å². The minimum absolute atomic E-state index is 0.629. The van der Waals surface area contributed by atoms with Crippen molar-refractivity contribution in [1.29, 1.82) is 0 Å². The second-order valence-corrected chi connectivity index (χ2v) is 6.58. The highest BCUT2D eigenvalue weighted by Crippen LogP contribution is 2.18. The van der Waals surface area contributed by atoms with Gasteiger partial charge in [-0.1, -0.05) is 24.3 Å². The van der Waals surface area contributed by atoms with E-state index < -0.39 is 0 Å². The van der Waals surface area contributed by atoms with Crippen molar-refractivity contribution in [3.63, 3.8) is 0 Å². The van der Waals surface area contributed by atoms with Crippen LogP contribution in [0.3, 0.4) is 0 Å². The molecule has 0 aliphatic rings. The van der Waals surface area contributed by atoms with Gasteiger partial charge < -0.3 is 10.2 Å². The summed E-state index contributed by atoms with van der Waals surface area (Å²) in [7, 11) is 2.06. The van der Waals surface area contributed by atoms with Crippen molar-refractivity contribution in [2.24, 2.45) is 0 Å². The molecule has 3 heterocycles. The molecule has 3 aromatic heterocycles. The Morgan fingerprint density at radius 2 is 1.68 bits per heavy atom. The number of hydrogen-bond donors (Lipinski definition) is 1. The van der Waals surface area contributed by atoms with E-state index in [0.717, 1.165) is 46.9 Å². The Kier molecular flexibility index (Phi) is 5.38. The third-order valence-electron chi connectivity index (χ3n) is 4.57. The van der Waals surface area contributed by atoms with Crippen LogP contribution in [0.1, 0.15) is 11.3 Å². The number of anilines is 2. The van der Waals surface area contributed by atoms with Crippen LogP contribution in [0.25, 0.3) is 11.0 Å². The van der Waals surface area contributed by atoms with Gasteiger partial charge in [-0.25, -0.2) is 9.97 Å². The topological polar surface area (TPSA) is 66.8 Å². The number of pyridine rings is 2. The molecule has 1 N–H and O–H groups in total. The van der Waals surface area contributed by atoms with E-state index in [-0.39, 0.29) is 0 Å². The van der Waals surface area contributed by atoms with Crippen molar-refractivity contribution in [3.05, 3.63) is 84.4 Å². The van der Waals surface area contributed by atoms with Crippen LogP contribution >= 0.6 is 0 Å². The van der Waals surface area contributed by atoms with Crippen LogP contribution in [0.5, 0.6) is 0 Å². The van der Waals surface area contributed by atoms with Crippen LogP contribution in [0.4, 0.5) is 11.6 Å². The highest BCUT2D eigenvalue weighted by atomic mass is 15.2. The minimum Gasteiger partial charge on any atom is -0.365 e. The Hall–Kier alpha value is -3.54. The van der Waals surface area contributed by atoms with Gasteiger partial charge in [0.15, 0.2) is 0 Å². The van der Waals surface area contributed by atoms with Crippen LogP contribution in [0.2, 0.25) is 0 Å². The monoisotopic (exact) mass is 370 g/mol. The molecule has 4 aromatic rings. The molecule has 140 valence electrons. The quantitative estimate of drug-likeness (QED) is 0.535. The van der Waals surface area contributed by atoms with Gasteiger partial charge >= 0.3 is 0 Å². The largest absolute Gasteiger partial charge is 0.365 e. The maximum Gasteiger partial charge on any atom is 0.145 e. The first-order valence-electron chi connectivity index (χ1n) is 9.30. The Labute approximate surface area is 164 Å². The predicted molar refractivity (Wildman–Crippen MR) is 112 cm³/mol. The van der Waals surface area contributed by atoms with Gasteiger partial charge in [-0.2, -0.15) is 0 Å². The van der Waals surface area contributed by atoms with Gasteiger partial charge in [-0.3, -0.25) is 9.97 Å². The highest BCUT2D eigenvalue weighted by Gasteiger charge is 2.09. The summed E-state index contributed by atoms with van der Waals surface area (Å²) in [4.78, 5) is 20.2. The normalized spacial score (nSPS) is 10.8. The smallest absolute Gasteiger partial charge is 0.145 e. The zero-order chi connectivity index (χ0) is 19.2. The molecule has 0 saturated carbocycles. The number of benzene rings is 1. The fourth-order valence-electron chi connectivity index (χ4n) is 3.07. The van der Waals surface area contributed by atoms with Crippen LogP contribution in [-0.4, -0.2) is 33.5 Å². The van der Waals surface area contributed by atoms with Gasteiger partial charge in [0.25, 0.3) is 0 Å². The maximum absolute atomic E-state index is 4.62. The number of para-hydroxylation sites is 2. The summed E-state index contributed by atoms with van der Waals surface area (Å²) in [5.41, 5.74) is 3.97. The molecule has 6 nitrogen and oxygen atoms in total. The number of nitrogens with one attached hydrogen (secondary N) is 1. The average Bonchev–Trinajstić information content (AvgIpc) is 2.77. The second kappa shape index (κ2) is 8.43. The molecule has 1 aromatic carbocycles. The summed E-state index contributed by atoms with van der Waals surface area (Å²) in [5, 5.41) is 3.37. The molecule has 0 saturated heterocycles. The van der Waals surface area contributed by atoms with Crippen molar-refractivity contribution < 1.29 is 0 Å². The molecule has 0 bridgehead atoms. The van der Waals surface area contributed by atoms with Crippen molar-refractivity contribution in [3.8, 4) is 0 Å². The fraction of sp³-hybridized carbons (Fsp3) is 0.182. The van der Waals surface area contributed by atoms with Gasteiger partial charge in [0.1, 0.15) is 11.6 Å². The van der Waals surface area contributed by atoms with E-state index in [1.54, 1.807) is 6.20 Å². The molecule has 28 heavy (non-hydrogen) atoms. The molecule has 0 aliphatic heterocycles. The van der Waals surface area contributed by atoms with Crippen molar-refractivity contribution in [1.82, 2.24) is 19.9 Å². The summed E-state index contributed by atoms with van der Waals surface area (Å²) in [6.45, 7) is 1.47. The van der Waals surface area contributed by atoms with E-state index in [9.17, 15) is 0 Å². The van der Waals surface area contributed by atoms with E-state index in [1.807, 2.05) is 60.9 Å². The molecule has 0 amide bonds. The highest BCUT2D eigenvalue weighted by molar-refractivity contribution is 5.75. The summed E-state index contributed by atoms with van der Waals surface area (Å²) < 4.78 is 0. The zero-order valence-electron chi connectivity index (χ0n) is 15.8. The number of rotatable bonds is 7. The average molecular weight is 370 g/mol. The van der Waals surface area contributed by atoms with E-state index >= 15 is 0 Å². The van der Waals surface area contributed by atoms with Crippen molar-refractivity contribution in [2.75, 3.05) is 23.8 Å². The third-order valence-corrected chi connectivity index (χ3v) is 4.57. The summed E-state index contributed by atoms with van der Waals surface area (Å²) in [6.07, 6.45) is 6.29. The molecule has 0 fully saturated rings. The van der Waals surface area contributed by atoms with Crippen LogP contribution < -0.4 is 10.2 Å². The van der Waals surface area contributed by atoms with Crippen LogP contribution in [0.15, 0.2) is 73.2 Å². The standard InChI is InChI=1S/C22H22N6/c1-28(14-11-18-8-4-5-12-23-18)22-17(7-6-13-24-22)15-26-21-16-25-19-9-2-3-10-20(19)27-21/h2-10,12-13,16H,11,14-15H2,1H3,(H,26,27). The minimum atomic E-state index is 0.629. The predicted octanol–water partition coefficient (Wildman–Crippen LogP) is 3.71. The van der Waals surface area contributed by atoms with Crippen LogP contribution in [0, 0.1) is 0 Å². The van der Waals surface area contributed by atoms with E-state index in [0.29, 0.717) is 6.54 Å². The maximum atomic E-state index is 4.62. The summed E-state index contributed by atoms with van der Waals surface area (Å²) >= 11 is 0. The zero-order valence-corrected chi connectivity index (χ0v) is 15.8. The van der Waals surface area contributed by atoms with Gasteiger partial charge in [0, 0.05) is 50.2 Å². The lowest BCUT2D eigenvalue weighted by molar-refractivity contribution is 0.831. The van der Waals surface area contributed by atoms with Gasteiger partial charge in [-0.05, 0) is 30.3 Å². The third kappa shape index (κ3) is 4.23. The fourth-order valence-corrected chi connectivity index (χ4v) is 3.07. The Morgan fingerprint density at radius 3 is 2.54 bits per heavy atom. The number of aromatic nitrogens is 4. The molecule has 0 radical (unpaired) electrons. The molecule has 4 rings (SSSR count). The summed E-state index contributed by atoms with van der Waals surface area (Å²) in [6, 6.07) is 17.9. The first-order chi connectivity index (χ1) is 13.8. The molecule has 6 heteroatoms. The Morgan fingerprint density at radius 1 is 0.857 bits per heavy atom. The van der Waals surface area contributed by atoms with E-state index in [2.05, 4.69) is 43.3 Å². The van der Waals surface area contributed by atoms with E-state index in [1.165, 1.54) is 0 Å². The molecular weight excluding hydrogens is 348 g/mol. The number of fused-ring (bicyclic) bond motifs is 1. The number of nitrogens with zero attached hydrogens (tertiary/aromatic N) is 5. The number of likely N-dealkylation sites (N-methyl/N-ethyl adjacent to an activating group) is 1. The lowest BCUT2D eigenvalue weighted by Crippen LogP contribution is -2.23. The first-order valence-corrected chi connectivity index (χ1v) is 9.30. The number of hydrogen-bond acceptors (Lipinski definition) is 6. The molecule has 0 unspecified atom stereocenters. The first kappa shape index (κ1) is 17.9. The molecule has 0 atom stereocenters. The Bertz CT molecular complexity index is 1050.